The Morgan fingerprint density at radius 3 is 2.83 bits per heavy atom. The maximum absolute atomic E-state index is 5.82. The smallest absolute Gasteiger partial charge is 0.191 e. The molecule has 1 aromatic rings. The molecular weight excluding hydrogens is 495 g/mol. The molecule has 30 heavy (non-hydrogen) atoms. The molecule has 2 atom stereocenters. The number of benzene rings is 1. The predicted molar refractivity (Wildman–Crippen MR) is 131 cm³/mol. The van der Waals surface area contributed by atoms with Crippen molar-refractivity contribution in [2.45, 2.75) is 37.8 Å². The Morgan fingerprint density at radius 1 is 1.30 bits per heavy atom. The molecule has 0 bridgehead atoms. The number of ether oxygens (including phenoxy) is 3. The van der Waals surface area contributed by atoms with Crippen LogP contribution in [0.1, 0.15) is 37.3 Å². The average Bonchev–Trinajstić information content (AvgIpc) is 3.47. The first-order valence-corrected chi connectivity index (χ1v) is 10.8. The van der Waals surface area contributed by atoms with Crippen molar-refractivity contribution in [2.24, 2.45) is 4.99 Å². The molecule has 8 heteroatoms. The summed E-state index contributed by atoms with van der Waals surface area (Å²) in [7, 11) is 3.54. The fraction of sp³-hybridized carbons (Fsp3) is 0.682. The molecule has 0 amide bonds. The van der Waals surface area contributed by atoms with E-state index in [1.54, 1.807) is 7.11 Å². The van der Waals surface area contributed by atoms with Crippen LogP contribution in [0.5, 0.6) is 5.75 Å². The first-order chi connectivity index (χ1) is 14.3. The van der Waals surface area contributed by atoms with Crippen molar-refractivity contribution in [3.8, 4) is 5.75 Å². The maximum atomic E-state index is 5.82. The van der Waals surface area contributed by atoms with Crippen LogP contribution < -0.4 is 15.4 Å². The van der Waals surface area contributed by atoms with E-state index in [1.165, 1.54) is 18.4 Å². The number of halogens is 1. The van der Waals surface area contributed by atoms with Gasteiger partial charge >= 0.3 is 0 Å². The van der Waals surface area contributed by atoms with Gasteiger partial charge in [0.1, 0.15) is 5.75 Å². The number of aliphatic imine (C=N–C) groups is 1. The molecule has 0 saturated carbocycles. The van der Waals surface area contributed by atoms with Crippen LogP contribution in [0.2, 0.25) is 0 Å². The molecule has 7 nitrogen and oxygen atoms in total. The van der Waals surface area contributed by atoms with E-state index in [9.17, 15) is 0 Å². The van der Waals surface area contributed by atoms with Gasteiger partial charge in [0.05, 0.1) is 25.9 Å². The fourth-order valence-corrected chi connectivity index (χ4v) is 3.95. The number of nitrogens with zero attached hydrogens (tertiary/aromatic N) is 2. The third kappa shape index (κ3) is 7.86. The van der Waals surface area contributed by atoms with Gasteiger partial charge in [-0.3, -0.25) is 9.89 Å². The molecule has 170 valence electrons. The van der Waals surface area contributed by atoms with E-state index in [-0.39, 0.29) is 30.1 Å². The van der Waals surface area contributed by atoms with Gasteiger partial charge in [-0.1, -0.05) is 12.1 Å². The van der Waals surface area contributed by atoms with Gasteiger partial charge in [0.15, 0.2) is 5.96 Å². The minimum Gasteiger partial charge on any atom is -0.497 e. The average molecular weight is 532 g/mol. The third-order valence-corrected chi connectivity index (χ3v) is 5.60. The summed E-state index contributed by atoms with van der Waals surface area (Å²) >= 11 is 0. The number of nitrogens with one attached hydrogen (secondary N) is 2. The van der Waals surface area contributed by atoms with Gasteiger partial charge in [-0.2, -0.15) is 0 Å². The van der Waals surface area contributed by atoms with E-state index >= 15 is 0 Å². The van der Waals surface area contributed by atoms with Gasteiger partial charge in [-0.05, 0) is 56.5 Å². The van der Waals surface area contributed by atoms with Crippen molar-refractivity contribution in [2.75, 3.05) is 60.2 Å². The van der Waals surface area contributed by atoms with Crippen molar-refractivity contribution in [3.63, 3.8) is 0 Å². The Labute approximate surface area is 197 Å². The lowest BCUT2D eigenvalue weighted by Gasteiger charge is -2.29. The van der Waals surface area contributed by atoms with E-state index < -0.39 is 0 Å². The molecular formula is C22H37IN4O3. The summed E-state index contributed by atoms with van der Waals surface area (Å²) in [6.07, 6.45) is 4.76. The quantitative estimate of drug-likeness (QED) is 0.209. The lowest BCUT2D eigenvalue weighted by molar-refractivity contribution is 0.0420. The summed E-state index contributed by atoms with van der Waals surface area (Å²) in [5.74, 6) is 1.74. The topological polar surface area (TPSA) is 67.4 Å². The van der Waals surface area contributed by atoms with Gasteiger partial charge in [-0.25, -0.2) is 0 Å². The van der Waals surface area contributed by atoms with Crippen LogP contribution in [0.25, 0.3) is 0 Å². The summed E-state index contributed by atoms with van der Waals surface area (Å²) in [6.45, 7) is 6.22. The number of guanidine groups is 1. The zero-order chi connectivity index (χ0) is 20.3. The molecule has 2 unspecified atom stereocenters. The van der Waals surface area contributed by atoms with Crippen LogP contribution in [-0.2, 0) is 9.47 Å². The van der Waals surface area contributed by atoms with E-state index in [0.29, 0.717) is 6.04 Å². The molecule has 0 spiro atoms. The van der Waals surface area contributed by atoms with Gasteiger partial charge in [-0.15, -0.1) is 24.0 Å². The fourth-order valence-electron chi connectivity index (χ4n) is 3.95. The summed E-state index contributed by atoms with van der Waals surface area (Å²) in [5, 5.41) is 6.91. The zero-order valence-electron chi connectivity index (χ0n) is 18.3. The highest BCUT2D eigenvalue weighted by Crippen LogP contribution is 2.27. The molecule has 1 aromatic carbocycles. The molecule has 2 heterocycles. The number of rotatable bonds is 10. The van der Waals surface area contributed by atoms with Crippen LogP contribution in [0.4, 0.5) is 0 Å². The molecule has 2 fully saturated rings. The highest BCUT2D eigenvalue weighted by atomic mass is 127. The maximum Gasteiger partial charge on any atom is 0.191 e. The first kappa shape index (κ1) is 25.2. The van der Waals surface area contributed by atoms with E-state index in [2.05, 4.69) is 38.7 Å². The minimum absolute atomic E-state index is 0. The van der Waals surface area contributed by atoms with Crippen LogP contribution in [0.3, 0.4) is 0 Å². The third-order valence-electron chi connectivity index (χ3n) is 5.60. The lowest BCUT2D eigenvalue weighted by atomic mass is 10.1. The minimum atomic E-state index is 0. The Morgan fingerprint density at radius 2 is 2.13 bits per heavy atom. The van der Waals surface area contributed by atoms with Crippen molar-refractivity contribution < 1.29 is 14.2 Å². The number of methoxy groups -OCH3 is 1. The zero-order valence-corrected chi connectivity index (χ0v) is 20.6. The van der Waals surface area contributed by atoms with E-state index in [4.69, 9.17) is 14.2 Å². The van der Waals surface area contributed by atoms with E-state index in [1.807, 2.05) is 13.1 Å². The summed E-state index contributed by atoms with van der Waals surface area (Å²) in [6, 6.07) is 8.70. The van der Waals surface area contributed by atoms with Crippen molar-refractivity contribution >= 4 is 29.9 Å². The lowest BCUT2D eigenvalue weighted by Crippen LogP contribution is -2.43. The second-order valence-corrected chi connectivity index (χ2v) is 7.63. The Kier molecular flexibility index (Phi) is 11.8. The van der Waals surface area contributed by atoms with Gasteiger partial charge in [0.2, 0.25) is 0 Å². The summed E-state index contributed by atoms with van der Waals surface area (Å²) in [5.41, 5.74) is 1.28. The Balaban J connectivity index is 0.00000320. The van der Waals surface area contributed by atoms with Gasteiger partial charge in [0, 0.05) is 33.4 Å². The van der Waals surface area contributed by atoms with Crippen molar-refractivity contribution in [1.29, 1.82) is 0 Å². The van der Waals surface area contributed by atoms with Crippen LogP contribution in [0.15, 0.2) is 29.3 Å². The number of hydrogen-bond acceptors (Lipinski definition) is 5. The van der Waals surface area contributed by atoms with Crippen LogP contribution >= 0.6 is 24.0 Å². The standard InChI is InChI=1S/C22H36N4O3.HI/c1-23-22(24-10-6-13-29-20-9-14-28-17-20)25-16-21(26-11-3-4-12-26)18-7-5-8-19(15-18)27-2;/h5,7-8,15,20-21H,3-4,6,9-14,16-17H2,1-2H3,(H2,23,24,25);1H. The normalized spacial score (nSPS) is 20.6. The monoisotopic (exact) mass is 532 g/mol. The van der Waals surface area contributed by atoms with E-state index in [0.717, 1.165) is 70.6 Å². The van der Waals surface area contributed by atoms with Crippen LogP contribution in [0, 0.1) is 0 Å². The second kappa shape index (κ2) is 14.1. The summed E-state index contributed by atoms with van der Waals surface area (Å²) in [4.78, 5) is 6.93. The molecule has 0 aliphatic carbocycles. The number of likely N-dealkylation sites (tertiary alicyclic amines) is 1. The first-order valence-electron chi connectivity index (χ1n) is 10.8. The Bertz CT molecular complexity index is 635. The predicted octanol–water partition coefficient (Wildman–Crippen LogP) is 2.81. The highest BCUT2D eigenvalue weighted by molar-refractivity contribution is 14.0. The molecule has 0 radical (unpaired) electrons. The molecule has 2 N–H and O–H groups in total. The number of hydrogen-bond donors (Lipinski definition) is 2. The molecule has 3 rings (SSSR count). The largest absolute Gasteiger partial charge is 0.497 e. The second-order valence-electron chi connectivity index (χ2n) is 7.63. The van der Waals surface area contributed by atoms with Crippen molar-refractivity contribution in [1.82, 2.24) is 15.5 Å². The van der Waals surface area contributed by atoms with Gasteiger partial charge in [0.25, 0.3) is 0 Å². The highest BCUT2D eigenvalue weighted by Gasteiger charge is 2.24. The summed E-state index contributed by atoms with van der Waals surface area (Å²) < 4.78 is 16.6. The molecule has 2 saturated heterocycles. The Hall–Kier alpha value is -1.10. The molecule has 0 aromatic heterocycles. The van der Waals surface area contributed by atoms with Gasteiger partial charge < -0.3 is 24.8 Å². The van der Waals surface area contributed by atoms with Crippen molar-refractivity contribution in [3.05, 3.63) is 29.8 Å². The molecule has 2 aliphatic heterocycles. The van der Waals surface area contributed by atoms with Crippen LogP contribution in [-0.4, -0.2) is 77.1 Å². The SMILES string of the molecule is CN=C(NCCCOC1CCOC1)NCC(c1cccc(OC)c1)N1CCCC1.I. The molecule has 2 aliphatic rings.